The third-order valence-electron chi connectivity index (χ3n) is 4.26. The fourth-order valence-corrected chi connectivity index (χ4v) is 3.26. The number of halogens is 2. The molecule has 1 aliphatic heterocycles. The van der Waals surface area contributed by atoms with Gasteiger partial charge in [0, 0.05) is 29.3 Å². The summed E-state index contributed by atoms with van der Waals surface area (Å²) in [6.45, 7) is 3.46. The molecule has 27 heavy (non-hydrogen) atoms. The van der Waals surface area contributed by atoms with Crippen molar-refractivity contribution in [2.75, 3.05) is 29.9 Å². The van der Waals surface area contributed by atoms with Gasteiger partial charge in [-0.3, -0.25) is 4.79 Å². The Labute approximate surface area is 166 Å². The second-order valence-corrected chi connectivity index (χ2v) is 7.43. The predicted molar refractivity (Wildman–Crippen MR) is 106 cm³/mol. The molecule has 2 heterocycles. The van der Waals surface area contributed by atoms with Gasteiger partial charge in [0.15, 0.2) is 6.61 Å². The molecule has 0 radical (unpaired) electrons. The number of hydrogen-bond donors (Lipinski definition) is 1. The van der Waals surface area contributed by atoms with E-state index in [0.29, 0.717) is 16.3 Å². The minimum Gasteiger partial charge on any atom is -0.467 e. The summed E-state index contributed by atoms with van der Waals surface area (Å²) in [5, 5.41) is 2.49. The summed E-state index contributed by atoms with van der Waals surface area (Å²) in [7, 11) is 0. The molecule has 0 saturated carbocycles. The van der Waals surface area contributed by atoms with Gasteiger partial charge in [0.1, 0.15) is 5.82 Å². The zero-order valence-electron chi connectivity index (χ0n) is 15.2. The molecule has 3 rings (SSSR count). The van der Waals surface area contributed by atoms with Crippen LogP contribution in [0.15, 0.2) is 28.7 Å². The Morgan fingerprint density at radius 3 is 2.67 bits per heavy atom. The van der Waals surface area contributed by atoms with Crippen molar-refractivity contribution in [1.82, 2.24) is 9.97 Å². The molecule has 0 bridgehead atoms. The lowest BCUT2D eigenvalue weighted by Crippen LogP contribution is -2.26. The van der Waals surface area contributed by atoms with Crippen LogP contribution in [-0.2, 0) is 4.79 Å². The number of hydrogen-bond acceptors (Lipinski definition) is 5. The Balaban J connectivity index is 1.62. The first kappa shape index (κ1) is 19.5. The summed E-state index contributed by atoms with van der Waals surface area (Å²) >= 11 is 3.18. The fourth-order valence-electron chi connectivity index (χ4n) is 2.93. The van der Waals surface area contributed by atoms with Crippen molar-refractivity contribution in [2.24, 2.45) is 0 Å². The van der Waals surface area contributed by atoms with Gasteiger partial charge in [0.2, 0.25) is 11.8 Å². The minimum atomic E-state index is -0.515. The van der Waals surface area contributed by atoms with Gasteiger partial charge in [-0.1, -0.05) is 28.8 Å². The molecule has 6 nitrogen and oxygen atoms in total. The highest BCUT2D eigenvalue weighted by atomic mass is 79.9. The molecule has 1 aromatic carbocycles. The van der Waals surface area contributed by atoms with Crippen LogP contribution in [0.5, 0.6) is 5.88 Å². The first-order valence-electron chi connectivity index (χ1n) is 8.99. The maximum absolute atomic E-state index is 13.8. The van der Waals surface area contributed by atoms with E-state index in [1.54, 1.807) is 12.1 Å². The maximum Gasteiger partial charge on any atom is 0.262 e. The first-order valence-corrected chi connectivity index (χ1v) is 9.79. The number of carbonyl (C=O) groups excluding carboxylic acids is 1. The molecule has 2 aromatic rings. The highest BCUT2D eigenvalue weighted by Crippen LogP contribution is 2.21. The molecule has 144 valence electrons. The molecular weight excluding hydrogens is 415 g/mol. The highest BCUT2D eigenvalue weighted by molar-refractivity contribution is 9.10. The van der Waals surface area contributed by atoms with E-state index in [9.17, 15) is 9.18 Å². The second kappa shape index (κ2) is 9.12. The molecule has 1 N–H and O–H groups in total. The lowest BCUT2D eigenvalue weighted by molar-refractivity contribution is -0.118. The molecule has 1 fully saturated rings. The maximum atomic E-state index is 13.8. The molecule has 0 spiro atoms. The monoisotopic (exact) mass is 436 g/mol. The van der Waals surface area contributed by atoms with Gasteiger partial charge < -0.3 is 15.0 Å². The van der Waals surface area contributed by atoms with Crippen LogP contribution in [0, 0.1) is 12.7 Å². The molecular formula is C19H22BrFN4O2. The van der Waals surface area contributed by atoms with E-state index < -0.39 is 11.7 Å². The third kappa shape index (κ3) is 5.63. The van der Waals surface area contributed by atoms with E-state index >= 15 is 0 Å². The zero-order valence-corrected chi connectivity index (χ0v) is 16.8. The van der Waals surface area contributed by atoms with E-state index in [1.165, 1.54) is 25.0 Å². The minimum absolute atomic E-state index is 0.107. The van der Waals surface area contributed by atoms with Crippen molar-refractivity contribution in [3.05, 3.63) is 40.2 Å². The fraction of sp³-hybridized carbons (Fsp3) is 0.421. The Kier molecular flexibility index (Phi) is 6.60. The smallest absolute Gasteiger partial charge is 0.262 e. The van der Waals surface area contributed by atoms with Crippen LogP contribution in [0.25, 0.3) is 0 Å². The van der Waals surface area contributed by atoms with Gasteiger partial charge in [-0.15, -0.1) is 0 Å². The van der Waals surface area contributed by atoms with Gasteiger partial charge in [-0.25, -0.2) is 9.37 Å². The van der Waals surface area contributed by atoms with Gasteiger partial charge >= 0.3 is 0 Å². The summed E-state index contributed by atoms with van der Waals surface area (Å²) in [6.07, 6.45) is 4.68. The summed E-state index contributed by atoms with van der Waals surface area (Å²) < 4.78 is 19.9. The number of rotatable bonds is 5. The van der Waals surface area contributed by atoms with Crippen LogP contribution in [0.1, 0.15) is 31.4 Å². The largest absolute Gasteiger partial charge is 0.467 e. The van der Waals surface area contributed by atoms with Crippen molar-refractivity contribution in [1.29, 1.82) is 0 Å². The van der Waals surface area contributed by atoms with Gasteiger partial charge in [-0.05, 0) is 38.0 Å². The van der Waals surface area contributed by atoms with Gasteiger partial charge in [0.05, 0.1) is 5.69 Å². The topological polar surface area (TPSA) is 67.3 Å². The number of amides is 1. The van der Waals surface area contributed by atoms with Gasteiger partial charge in [-0.2, -0.15) is 4.98 Å². The average molecular weight is 437 g/mol. The third-order valence-corrected chi connectivity index (χ3v) is 4.76. The SMILES string of the molecule is Cc1cc(OCC(=O)Nc2ccc(Br)cc2F)nc(N2CCCCCC2)n1. The lowest BCUT2D eigenvalue weighted by Gasteiger charge is -2.21. The number of aromatic nitrogens is 2. The summed E-state index contributed by atoms with van der Waals surface area (Å²) in [5.74, 6) is 0.00213. The molecule has 0 unspecified atom stereocenters. The molecule has 1 aromatic heterocycles. The number of anilines is 2. The molecule has 1 amide bonds. The number of carbonyl (C=O) groups is 1. The van der Waals surface area contributed by atoms with Gasteiger partial charge in [0.25, 0.3) is 5.91 Å². The Morgan fingerprint density at radius 2 is 1.96 bits per heavy atom. The Hall–Kier alpha value is -2.22. The van der Waals surface area contributed by atoms with E-state index in [-0.39, 0.29) is 12.3 Å². The summed E-state index contributed by atoms with van der Waals surface area (Å²) in [4.78, 5) is 23.2. The predicted octanol–water partition coefficient (Wildman–Crippen LogP) is 4.08. The van der Waals surface area contributed by atoms with Crippen molar-refractivity contribution in [3.63, 3.8) is 0 Å². The molecule has 0 aliphatic carbocycles. The quantitative estimate of drug-likeness (QED) is 0.764. The lowest BCUT2D eigenvalue weighted by atomic mass is 10.2. The highest BCUT2D eigenvalue weighted by Gasteiger charge is 2.15. The Morgan fingerprint density at radius 1 is 1.22 bits per heavy atom. The van der Waals surface area contributed by atoms with Crippen LogP contribution in [0.3, 0.4) is 0 Å². The summed E-state index contributed by atoms with van der Waals surface area (Å²) in [5.41, 5.74) is 0.884. The number of nitrogens with zero attached hydrogens (tertiary/aromatic N) is 3. The van der Waals surface area contributed by atoms with E-state index in [2.05, 4.69) is 36.1 Å². The first-order chi connectivity index (χ1) is 13.0. The van der Waals surface area contributed by atoms with Crippen LogP contribution < -0.4 is 15.0 Å². The molecule has 0 atom stereocenters. The normalized spacial score (nSPS) is 14.6. The standard InChI is InChI=1S/C19H22BrFN4O2/c1-13-10-18(24-19(22-13)25-8-4-2-3-5-9-25)27-12-17(26)23-16-7-6-14(20)11-15(16)21/h6-7,10-11H,2-5,8-9,12H2,1H3,(H,23,26). The zero-order chi connectivity index (χ0) is 19.2. The molecule has 8 heteroatoms. The number of benzene rings is 1. The second-order valence-electron chi connectivity index (χ2n) is 6.51. The number of aryl methyl sites for hydroxylation is 1. The summed E-state index contributed by atoms with van der Waals surface area (Å²) in [6, 6.07) is 6.12. The van der Waals surface area contributed by atoms with Crippen molar-refractivity contribution in [2.45, 2.75) is 32.6 Å². The number of nitrogens with one attached hydrogen (secondary N) is 1. The van der Waals surface area contributed by atoms with E-state index in [0.717, 1.165) is 31.6 Å². The average Bonchev–Trinajstić information content (AvgIpc) is 2.91. The Bertz CT molecular complexity index is 810. The molecule has 1 saturated heterocycles. The number of ether oxygens (including phenoxy) is 1. The van der Waals surface area contributed by atoms with Crippen LogP contribution in [-0.4, -0.2) is 35.6 Å². The van der Waals surface area contributed by atoms with Crippen LogP contribution in [0.4, 0.5) is 16.0 Å². The van der Waals surface area contributed by atoms with Crippen molar-refractivity contribution >= 4 is 33.5 Å². The van der Waals surface area contributed by atoms with E-state index in [4.69, 9.17) is 4.74 Å². The molecule has 1 aliphatic rings. The van der Waals surface area contributed by atoms with Crippen LogP contribution >= 0.6 is 15.9 Å². The van der Waals surface area contributed by atoms with Crippen molar-refractivity contribution in [3.8, 4) is 5.88 Å². The van der Waals surface area contributed by atoms with Crippen molar-refractivity contribution < 1.29 is 13.9 Å². The van der Waals surface area contributed by atoms with E-state index in [1.807, 2.05) is 6.92 Å². The van der Waals surface area contributed by atoms with Crippen LogP contribution in [0.2, 0.25) is 0 Å².